The predicted octanol–water partition coefficient (Wildman–Crippen LogP) is 1.55. The topological polar surface area (TPSA) is 55.8 Å². The molecule has 1 aromatic carbocycles. The highest BCUT2D eigenvalue weighted by Gasteiger charge is 2.15. The van der Waals surface area contributed by atoms with Crippen LogP contribution in [0.15, 0.2) is 30.5 Å². The molecule has 0 spiro atoms. The summed E-state index contributed by atoms with van der Waals surface area (Å²) in [5.74, 6) is -0.551. The van der Waals surface area contributed by atoms with Crippen molar-refractivity contribution in [3.63, 3.8) is 0 Å². The van der Waals surface area contributed by atoms with Crippen LogP contribution in [0.5, 0.6) is 5.75 Å². The minimum atomic E-state index is -0.557. The SMILES string of the molecule is COC=C(C(=O)OC)c1ccccc1O. The molecule has 0 bridgehead atoms. The van der Waals surface area contributed by atoms with Gasteiger partial charge in [-0.2, -0.15) is 0 Å². The average molecular weight is 208 g/mol. The molecule has 0 amide bonds. The molecule has 1 rings (SSSR count). The Kier molecular flexibility index (Phi) is 3.74. The third-order valence-corrected chi connectivity index (χ3v) is 1.84. The first-order valence-electron chi connectivity index (χ1n) is 4.30. The van der Waals surface area contributed by atoms with Crippen molar-refractivity contribution < 1.29 is 19.4 Å². The molecule has 0 aliphatic carbocycles. The minimum Gasteiger partial charge on any atom is -0.507 e. The second-order valence-corrected chi connectivity index (χ2v) is 2.78. The van der Waals surface area contributed by atoms with Gasteiger partial charge in [0.1, 0.15) is 11.3 Å². The van der Waals surface area contributed by atoms with Crippen LogP contribution in [0.3, 0.4) is 0 Å². The number of phenolic OH excluding ortho intramolecular Hbond substituents is 1. The molecule has 4 heteroatoms. The van der Waals surface area contributed by atoms with Crippen LogP contribution in [0, 0.1) is 0 Å². The number of methoxy groups -OCH3 is 2. The molecule has 0 radical (unpaired) electrons. The summed E-state index contributed by atoms with van der Waals surface area (Å²) in [7, 11) is 2.69. The van der Waals surface area contributed by atoms with E-state index >= 15 is 0 Å². The summed E-state index contributed by atoms with van der Waals surface area (Å²) in [6.45, 7) is 0. The van der Waals surface area contributed by atoms with Gasteiger partial charge in [0.2, 0.25) is 0 Å². The van der Waals surface area contributed by atoms with Gasteiger partial charge in [-0.1, -0.05) is 18.2 Å². The van der Waals surface area contributed by atoms with Crippen LogP contribution in [0.1, 0.15) is 5.56 Å². The molecule has 80 valence electrons. The van der Waals surface area contributed by atoms with Gasteiger partial charge in [0, 0.05) is 5.56 Å². The molecule has 1 aromatic rings. The predicted molar refractivity (Wildman–Crippen MR) is 55.1 cm³/mol. The molecule has 0 unspecified atom stereocenters. The van der Waals surface area contributed by atoms with E-state index < -0.39 is 5.97 Å². The van der Waals surface area contributed by atoms with E-state index in [1.165, 1.54) is 26.5 Å². The fourth-order valence-corrected chi connectivity index (χ4v) is 1.15. The van der Waals surface area contributed by atoms with Gasteiger partial charge in [0.25, 0.3) is 0 Å². The van der Waals surface area contributed by atoms with Crippen molar-refractivity contribution in [3.05, 3.63) is 36.1 Å². The molecule has 1 N–H and O–H groups in total. The van der Waals surface area contributed by atoms with Crippen molar-refractivity contribution in [2.45, 2.75) is 0 Å². The minimum absolute atomic E-state index is 0.00574. The largest absolute Gasteiger partial charge is 0.507 e. The Bertz CT molecular complexity index is 382. The molecule has 0 fully saturated rings. The van der Waals surface area contributed by atoms with E-state index in [1.807, 2.05) is 0 Å². The maximum absolute atomic E-state index is 11.4. The Morgan fingerprint density at radius 3 is 2.53 bits per heavy atom. The summed E-state index contributed by atoms with van der Waals surface area (Å²) in [4.78, 5) is 11.4. The van der Waals surface area contributed by atoms with Crippen LogP contribution in [0.25, 0.3) is 5.57 Å². The highest BCUT2D eigenvalue weighted by molar-refractivity contribution is 6.16. The van der Waals surface area contributed by atoms with Crippen LogP contribution in [-0.2, 0) is 14.3 Å². The number of ether oxygens (including phenoxy) is 2. The summed E-state index contributed by atoms with van der Waals surface area (Å²) in [6, 6.07) is 6.47. The summed E-state index contributed by atoms with van der Waals surface area (Å²) < 4.78 is 9.34. The number of carbonyl (C=O) groups excluding carboxylic acids is 1. The molecule has 0 aromatic heterocycles. The number of aromatic hydroxyl groups is 1. The summed E-state index contributed by atoms with van der Waals surface area (Å²) in [5.41, 5.74) is 0.560. The molecular weight excluding hydrogens is 196 g/mol. The summed E-state index contributed by atoms with van der Waals surface area (Å²) >= 11 is 0. The summed E-state index contributed by atoms with van der Waals surface area (Å²) in [6.07, 6.45) is 1.24. The maximum Gasteiger partial charge on any atom is 0.341 e. The molecule has 0 aliphatic heterocycles. The standard InChI is InChI=1S/C11H12O4/c1-14-7-9(11(13)15-2)8-5-3-4-6-10(8)12/h3-7,12H,1-2H3. The lowest BCUT2D eigenvalue weighted by molar-refractivity contribution is -0.133. The van der Waals surface area contributed by atoms with Crippen LogP contribution in [0.2, 0.25) is 0 Å². The van der Waals surface area contributed by atoms with Crippen molar-refractivity contribution >= 4 is 11.5 Å². The molecule has 0 heterocycles. The zero-order chi connectivity index (χ0) is 11.3. The van der Waals surface area contributed by atoms with Crippen LogP contribution < -0.4 is 0 Å². The smallest absolute Gasteiger partial charge is 0.341 e. The highest BCUT2D eigenvalue weighted by Crippen LogP contribution is 2.25. The van der Waals surface area contributed by atoms with Crippen LogP contribution in [0.4, 0.5) is 0 Å². The number of benzene rings is 1. The van der Waals surface area contributed by atoms with E-state index in [-0.39, 0.29) is 11.3 Å². The Hall–Kier alpha value is -1.97. The van der Waals surface area contributed by atoms with Crippen molar-refractivity contribution in [1.82, 2.24) is 0 Å². The first-order chi connectivity index (χ1) is 7.20. The van der Waals surface area contributed by atoms with Gasteiger partial charge in [0.05, 0.1) is 20.5 Å². The number of para-hydroxylation sites is 1. The Morgan fingerprint density at radius 1 is 1.33 bits per heavy atom. The first-order valence-corrected chi connectivity index (χ1v) is 4.30. The van der Waals surface area contributed by atoms with E-state index in [4.69, 9.17) is 4.74 Å². The fraction of sp³-hybridized carbons (Fsp3) is 0.182. The van der Waals surface area contributed by atoms with Crippen molar-refractivity contribution in [1.29, 1.82) is 0 Å². The second kappa shape index (κ2) is 5.05. The van der Waals surface area contributed by atoms with Gasteiger partial charge < -0.3 is 14.6 Å². The quantitative estimate of drug-likeness (QED) is 0.465. The molecule has 0 saturated carbocycles. The number of esters is 1. The third kappa shape index (κ3) is 2.49. The number of hydrogen-bond acceptors (Lipinski definition) is 4. The third-order valence-electron chi connectivity index (χ3n) is 1.84. The van der Waals surface area contributed by atoms with Crippen molar-refractivity contribution in [2.75, 3.05) is 14.2 Å². The number of hydrogen-bond donors (Lipinski definition) is 1. The van der Waals surface area contributed by atoms with E-state index in [1.54, 1.807) is 18.2 Å². The monoisotopic (exact) mass is 208 g/mol. The molecular formula is C11H12O4. The van der Waals surface area contributed by atoms with Gasteiger partial charge in [-0.15, -0.1) is 0 Å². The second-order valence-electron chi connectivity index (χ2n) is 2.78. The van der Waals surface area contributed by atoms with E-state index in [9.17, 15) is 9.90 Å². The molecule has 15 heavy (non-hydrogen) atoms. The number of carbonyl (C=O) groups is 1. The Labute approximate surface area is 87.7 Å². The van der Waals surface area contributed by atoms with E-state index in [2.05, 4.69) is 4.74 Å². The number of phenols is 1. The zero-order valence-electron chi connectivity index (χ0n) is 8.56. The Balaban J connectivity index is 3.17. The van der Waals surface area contributed by atoms with E-state index in [0.29, 0.717) is 5.56 Å². The summed E-state index contributed by atoms with van der Waals surface area (Å²) in [5, 5.41) is 9.55. The van der Waals surface area contributed by atoms with E-state index in [0.717, 1.165) is 0 Å². The normalized spacial score (nSPS) is 10.9. The van der Waals surface area contributed by atoms with Gasteiger partial charge in [0.15, 0.2) is 0 Å². The maximum atomic E-state index is 11.4. The highest BCUT2D eigenvalue weighted by atomic mass is 16.5. The lowest BCUT2D eigenvalue weighted by Crippen LogP contribution is -2.04. The first kappa shape index (κ1) is 11.1. The van der Waals surface area contributed by atoms with Gasteiger partial charge in [-0.3, -0.25) is 0 Å². The van der Waals surface area contributed by atoms with Crippen molar-refractivity contribution in [3.8, 4) is 5.75 Å². The Morgan fingerprint density at radius 2 is 2.00 bits per heavy atom. The van der Waals surface area contributed by atoms with Crippen LogP contribution in [-0.4, -0.2) is 25.3 Å². The average Bonchev–Trinajstić information content (AvgIpc) is 2.26. The molecule has 0 atom stereocenters. The molecule has 0 aliphatic rings. The fourth-order valence-electron chi connectivity index (χ4n) is 1.15. The molecule has 4 nitrogen and oxygen atoms in total. The van der Waals surface area contributed by atoms with Gasteiger partial charge in [-0.25, -0.2) is 4.79 Å². The van der Waals surface area contributed by atoms with Gasteiger partial charge in [-0.05, 0) is 6.07 Å². The van der Waals surface area contributed by atoms with Crippen LogP contribution >= 0.6 is 0 Å². The lowest BCUT2D eigenvalue weighted by Gasteiger charge is -2.06. The molecule has 0 saturated heterocycles. The van der Waals surface area contributed by atoms with Gasteiger partial charge >= 0.3 is 5.97 Å². The van der Waals surface area contributed by atoms with Crippen molar-refractivity contribution in [2.24, 2.45) is 0 Å². The lowest BCUT2D eigenvalue weighted by atomic mass is 10.1. The zero-order valence-corrected chi connectivity index (χ0v) is 8.56. The number of rotatable bonds is 3.